The molecule has 0 saturated heterocycles. The molecule has 1 rings (SSSR count). The van der Waals surface area contributed by atoms with E-state index in [9.17, 15) is 4.79 Å². The van der Waals surface area contributed by atoms with Gasteiger partial charge in [0, 0.05) is 7.62 Å². The van der Waals surface area contributed by atoms with E-state index in [0.717, 1.165) is 5.69 Å². The van der Waals surface area contributed by atoms with E-state index in [1.54, 1.807) is 6.20 Å². The summed E-state index contributed by atoms with van der Waals surface area (Å²) in [6, 6.07) is 0. The third-order valence-corrected chi connectivity index (χ3v) is 0.809. The predicted molar refractivity (Wildman–Crippen MR) is 43.1 cm³/mol. The number of nitrogens with one attached hydrogen (secondary N) is 1. The lowest BCUT2D eigenvalue weighted by molar-refractivity contribution is 1.07. The molecule has 0 atom stereocenters. The first kappa shape index (κ1) is 8.88. The Labute approximate surface area is 61.6 Å². The van der Waals surface area contributed by atoms with Crippen molar-refractivity contribution < 1.29 is 1.43 Å². The highest BCUT2D eigenvalue weighted by atomic mass is 16.1. The van der Waals surface area contributed by atoms with E-state index in [4.69, 9.17) is 0 Å². The lowest BCUT2D eigenvalue weighted by atomic mass is 10.5. The molecule has 1 heterocycles. The molecule has 0 fully saturated rings. The molecule has 0 aliphatic carbocycles. The van der Waals surface area contributed by atoms with Crippen molar-refractivity contribution >= 4 is 0 Å². The van der Waals surface area contributed by atoms with Crippen LogP contribution in [0.1, 0.15) is 21.0 Å². The molecule has 3 nitrogen and oxygen atoms in total. The number of hydrogen-bond donors (Lipinski definition) is 1. The molecule has 0 aromatic carbocycles. The molecule has 0 amide bonds. The monoisotopic (exact) mass is 142 g/mol. The normalized spacial score (nSPS) is 7.90. The van der Waals surface area contributed by atoms with E-state index < -0.39 is 0 Å². The molecule has 0 saturated carbocycles. The summed E-state index contributed by atoms with van der Waals surface area (Å²) in [5, 5.41) is 0. The van der Waals surface area contributed by atoms with Crippen LogP contribution >= 0.6 is 0 Å². The lowest BCUT2D eigenvalue weighted by Crippen LogP contribution is -2.03. The molecule has 0 bridgehead atoms. The fourth-order valence-electron chi connectivity index (χ4n) is 0.411. The lowest BCUT2D eigenvalue weighted by Gasteiger charge is -1.83. The highest BCUT2D eigenvalue weighted by Gasteiger charge is 1.80. The van der Waals surface area contributed by atoms with E-state index in [2.05, 4.69) is 9.97 Å². The molecule has 58 valence electrons. The van der Waals surface area contributed by atoms with Gasteiger partial charge in [-0.05, 0) is 6.92 Å². The minimum atomic E-state index is -0.157. The van der Waals surface area contributed by atoms with Gasteiger partial charge >= 0.3 is 0 Å². The SMILES string of the molecule is CC.Cc1c[nH]c(=O)cn1.[HH]. The Morgan fingerprint density at radius 2 is 2.20 bits per heavy atom. The van der Waals surface area contributed by atoms with Gasteiger partial charge in [-0.3, -0.25) is 9.78 Å². The van der Waals surface area contributed by atoms with Gasteiger partial charge in [-0.2, -0.15) is 0 Å². The zero-order chi connectivity index (χ0) is 7.98. The average Bonchev–Trinajstić information content (AvgIpc) is 2.00. The van der Waals surface area contributed by atoms with Crippen molar-refractivity contribution in [1.82, 2.24) is 9.97 Å². The van der Waals surface area contributed by atoms with Gasteiger partial charge in [-0.25, -0.2) is 0 Å². The summed E-state index contributed by atoms with van der Waals surface area (Å²) < 4.78 is 0. The Morgan fingerprint density at radius 1 is 1.60 bits per heavy atom. The van der Waals surface area contributed by atoms with Gasteiger partial charge in [0.1, 0.15) is 0 Å². The van der Waals surface area contributed by atoms with Crippen LogP contribution in [0.5, 0.6) is 0 Å². The van der Waals surface area contributed by atoms with Crippen LogP contribution in [0.4, 0.5) is 0 Å². The second-order valence-corrected chi connectivity index (χ2v) is 1.55. The van der Waals surface area contributed by atoms with E-state index in [0.29, 0.717) is 0 Å². The Kier molecular flexibility index (Phi) is 4.20. The van der Waals surface area contributed by atoms with Crippen LogP contribution in [0.15, 0.2) is 17.2 Å². The van der Waals surface area contributed by atoms with Crippen LogP contribution in [0.3, 0.4) is 0 Å². The number of aromatic amines is 1. The molecular weight excluding hydrogens is 128 g/mol. The van der Waals surface area contributed by atoms with Crippen LogP contribution in [0.25, 0.3) is 0 Å². The summed E-state index contributed by atoms with van der Waals surface area (Å²) >= 11 is 0. The summed E-state index contributed by atoms with van der Waals surface area (Å²) in [5.41, 5.74) is 0.667. The Balaban J connectivity index is 0. The Morgan fingerprint density at radius 3 is 2.50 bits per heavy atom. The smallest absolute Gasteiger partial charge is 0.266 e. The summed E-state index contributed by atoms with van der Waals surface area (Å²) in [6.45, 7) is 5.82. The summed E-state index contributed by atoms with van der Waals surface area (Å²) in [6.07, 6.45) is 2.83. The third kappa shape index (κ3) is 3.02. The minimum Gasteiger partial charge on any atom is -0.326 e. The molecule has 1 aromatic heterocycles. The number of rotatable bonds is 0. The van der Waals surface area contributed by atoms with Gasteiger partial charge in [0.2, 0.25) is 0 Å². The third-order valence-electron chi connectivity index (χ3n) is 0.809. The number of nitrogens with zero attached hydrogens (tertiary/aromatic N) is 1. The van der Waals surface area contributed by atoms with Crippen LogP contribution in [-0.2, 0) is 0 Å². The van der Waals surface area contributed by atoms with Crippen LogP contribution < -0.4 is 5.56 Å². The van der Waals surface area contributed by atoms with Crippen LogP contribution in [0.2, 0.25) is 0 Å². The molecule has 3 heteroatoms. The highest BCUT2D eigenvalue weighted by Crippen LogP contribution is 1.77. The van der Waals surface area contributed by atoms with E-state index in [-0.39, 0.29) is 6.99 Å². The zero-order valence-electron chi connectivity index (χ0n) is 6.51. The van der Waals surface area contributed by atoms with Crippen molar-refractivity contribution in [2.75, 3.05) is 0 Å². The molecule has 1 aromatic rings. The van der Waals surface area contributed by atoms with E-state index in [1.807, 2.05) is 20.8 Å². The maximum atomic E-state index is 10.3. The highest BCUT2D eigenvalue weighted by molar-refractivity contribution is 4.89. The molecular formula is C7H14N2O. The van der Waals surface area contributed by atoms with E-state index >= 15 is 0 Å². The zero-order valence-corrected chi connectivity index (χ0v) is 6.51. The number of H-pyrrole nitrogens is 1. The topological polar surface area (TPSA) is 45.8 Å². The molecule has 0 spiro atoms. The second kappa shape index (κ2) is 4.73. The van der Waals surface area contributed by atoms with Gasteiger partial charge in [0.05, 0.1) is 11.9 Å². The maximum absolute atomic E-state index is 10.3. The first-order chi connectivity index (χ1) is 4.79. The molecule has 0 aliphatic rings. The standard InChI is InChI=1S/C5H6N2O.C2H6.H2/c1-4-2-7-5(8)3-6-4;1-2;/h2-3H,1H3,(H,7,8);1-2H3;1H. The van der Waals surface area contributed by atoms with Crippen molar-refractivity contribution in [1.29, 1.82) is 0 Å². The molecule has 0 radical (unpaired) electrons. The first-order valence-electron chi connectivity index (χ1n) is 3.30. The molecule has 0 unspecified atom stereocenters. The number of aromatic nitrogens is 2. The fourth-order valence-corrected chi connectivity index (χ4v) is 0.411. The van der Waals surface area contributed by atoms with Gasteiger partial charge in [0.15, 0.2) is 0 Å². The summed E-state index contributed by atoms with van der Waals surface area (Å²) in [4.78, 5) is 16.5. The van der Waals surface area contributed by atoms with Crippen LogP contribution in [0, 0.1) is 6.92 Å². The maximum Gasteiger partial charge on any atom is 0.266 e. The largest absolute Gasteiger partial charge is 0.326 e. The molecule has 10 heavy (non-hydrogen) atoms. The fraction of sp³-hybridized carbons (Fsp3) is 0.429. The Hall–Kier alpha value is -1.12. The van der Waals surface area contributed by atoms with Crippen LogP contribution in [-0.4, -0.2) is 9.97 Å². The van der Waals surface area contributed by atoms with Crippen molar-refractivity contribution in [3.8, 4) is 0 Å². The van der Waals surface area contributed by atoms with Gasteiger partial charge < -0.3 is 4.98 Å². The first-order valence-corrected chi connectivity index (χ1v) is 3.30. The predicted octanol–water partition coefficient (Wildman–Crippen LogP) is 1.35. The summed E-state index contributed by atoms with van der Waals surface area (Å²) in [7, 11) is 0. The second-order valence-electron chi connectivity index (χ2n) is 1.55. The van der Waals surface area contributed by atoms with Crippen molar-refractivity contribution in [3.05, 3.63) is 28.4 Å². The van der Waals surface area contributed by atoms with Gasteiger partial charge in [-0.1, -0.05) is 13.8 Å². The van der Waals surface area contributed by atoms with Crippen molar-refractivity contribution in [2.45, 2.75) is 20.8 Å². The van der Waals surface area contributed by atoms with E-state index in [1.165, 1.54) is 6.20 Å². The summed E-state index contributed by atoms with van der Waals surface area (Å²) in [5.74, 6) is 0. The number of aryl methyl sites for hydroxylation is 1. The molecule has 0 aliphatic heterocycles. The van der Waals surface area contributed by atoms with Gasteiger partial charge in [0.25, 0.3) is 5.56 Å². The Bertz CT molecular complexity index is 214. The number of hydrogen-bond acceptors (Lipinski definition) is 2. The van der Waals surface area contributed by atoms with Gasteiger partial charge in [-0.15, -0.1) is 0 Å². The van der Waals surface area contributed by atoms with Crippen molar-refractivity contribution in [3.63, 3.8) is 0 Å². The molecule has 1 N–H and O–H groups in total. The average molecular weight is 142 g/mol. The van der Waals surface area contributed by atoms with Crippen molar-refractivity contribution in [2.24, 2.45) is 0 Å². The minimum absolute atomic E-state index is 0. The quantitative estimate of drug-likeness (QED) is 0.594.